The molecule has 0 amide bonds. The maximum Gasteiger partial charge on any atom is 0.131 e. The van der Waals surface area contributed by atoms with Gasteiger partial charge in [-0.15, -0.1) is 0 Å². The zero-order chi connectivity index (χ0) is 18.8. The van der Waals surface area contributed by atoms with Crippen LogP contribution in [-0.4, -0.2) is 13.3 Å². The largest absolute Gasteiger partial charge is 0.496 e. The van der Waals surface area contributed by atoms with E-state index in [0.717, 1.165) is 17.0 Å². The minimum atomic E-state index is -0.00213. The third-order valence-corrected chi connectivity index (χ3v) is 4.45. The van der Waals surface area contributed by atoms with Gasteiger partial charge in [-0.1, -0.05) is 65.8 Å². The van der Waals surface area contributed by atoms with Crippen LogP contribution in [0.5, 0.6) is 5.75 Å². The molecular formula is C23H31NO. The van der Waals surface area contributed by atoms with Crippen LogP contribution in [-0.2, 0) is 10.8 Å². The molecule has 2 rings (SSSR count). The monoisotopic (exact) mass is 337 g/mol. The van der Waals surface area contributed by atoms with Gasteiger partial charge in [0.2, 0.25) is 0 Å². The quantitative estimate of drug-likeness (QED) is 0.598. The summed E-state index contributed by atoms with van der Waals surface area (Å²) in [5.41, 5.74) is 5.76. The molecule has 134 valence electrons. The van der Waals surface area contributed by atoms with E-state index in [4.69, 9.17) is 9.73 Å². The number of para-hydroxylation sites is 1. The molecule has 0 fully saturated rings. The maximum absolute atomic E-state index is 5.80. The van der Waals surface area contributed by atoms with Crippen LogP contribution in [0.2, 0.25) is 0 Å². The number of rotatable bonds is 3. The van der Waals surface area contributed by atoms with E-state index < -0.39 is 0 Å². The fourth-order valence-corrected chi connectivity index (χ4v) is 2.81. The Morgan fingerprint density at radius 1 is 0.920 bits per heavy atom. The smallest absolute Gasteiger partial charge is 0.131 e. The normalized spacial score (nSPS) is 12.6. The summed E-state index contributed by atoms with van der Waals surface area (Å²) in [4.78, 5) is 4.73. The van der Waals surface area contributed by atoms with E-state index in [2.05, 4.69) is 66.7 Å². The molecule has 2 heteroatoms. The van der Waals surface area contributed by atoms with Gasteiger partial charge >= 0.3 is 0 Å². The van der Waals surface area contributed by atoms with E-state index in [1.165, 1.54) is 16.7 Å². The zero-order valence-electron chi connectivity index (χ0n) is 16.9. The summed E-state index contributed by atoms with van der Waals surface area (Å²) < 4.78 is 5.80. The van der Waals surface area contributed by atoms with Crippen molar-refractivity contribution >= 4 is 11.9 Å². The molecule has 0 radical (unpaired) electrons. The predicted octanol–water partition coefficient (Wildman–Crippen LogP) is 6.35. The Labute approximate surface area is 153 Å². The van der Waals surface area contributed by atoms with Crippen molar-refractivity contribution in [2.24, 2.45) is 4.99 Å². The van der Waals surface area contributed by atoms with Crippen molar-refractivity contribution < 1.29 is 4.74 Å². The van der Waals surface area contributed by atoms with Crippen LogP contribution in [0.1, 0.15) is 63.8 Å². The minimum Gasteiger partial charge on any atom is -0.496 e. The topological polar surface area (TPSA) is 21.6 Å². The van der Waals surface area contributed by atoms with Gasteiger partial charge in [-0.2, -0.15) is 0 Å². The maximum atomic E-state index is 5.80. The van der Waals surface area contributed by atoms with Gasteiger partial charge in [-0.05, 0) is 41.0 Å². The van der Waals surface area contributed by atoms with Crippen LogP contribution < -0.4 is 4.74 Å². The molecule has 0 atom stereocenters. The highest BCUT2D eigenvalue weighted by molar-refractivity contribution is 5.87. The molecule has 2 aromatic rings. The second-order valence-electron chi connectivity index (χ2n) is 8.69. The van der Waals surface area contributed by atoms with Crippen molar-refractivity contribution in [2.45, 2.75) is 59.3 Å². The summed E-state index contributed by atoms with van der Waals surface area (Å²) in [7, 11) is 1.74. The molecule has 0 saturated carbocycles. The lowest BCUT2D eigenvalue weighted by Gasteiger charge is -2.28. The highest BCUT2D eigenvalue weighted by Crippen LogP contribution is 2.38. The van der Waals surface area contributed by atoms with E-state index in [1.807, 2.05) is 24.4 Å². The lowest BCUT2D eigenvalue weighted by Crippen LogP contribution is -2.18. The second kappa shape index (κ2) is 7.03. The molecule has 0 bridgehead atoms. The summed E-state index contributed by atoms with van der Waals surface area (Å²) in [6.07, 6.45) is 1.94. The van der Waals surface area contributed by atoms with Gasteiger partial charge in [-0.3, -0.25) is 4.99 Å². The Morgan fingerprint density at radius 3 is 2.08 bits per heavy atom. The Kier molecular flexibility index (Phi) is 5.41. The van der Waals surface area contributed by atoms with Gasteiger partial charge in [0.15, 0.2) is 0 Å². The second-order valence-corrected chi connectivity index (χ2v) is 8.69. The predicted molar refractivity (Wildman–Crippen MR) is 109 cm³/mol. The van der Waals surface area contributed by atoms with Gasteiger partial charge in [0.05, 0.1) is 12.8 Å². The molecule has 0 aliphatic rings. The number of hydrogen-bond acceptors (Lipinski definition) is 2. The Hall–Kier alpha value is -2.09. The summed E-state index contributed by atoms with van der Waals surface area (Å²) in [6.45, 7) is 15.5. The van der Waals surface area contributed by atoms with Crippen LogP contribution >= 0.6 is 0 Å². The molecule has 0 unspecified atom stereocenters. The van der Waals surface area contributed by atoms with Crippen LogP contribution in [0.3, 0.4) is 0 Å². The van der Waals surface area contributed by atoms with Crippen LogP contribution in [0.4, 0.5) is 5.69 Å². The van der Waals surface area contributed by atoms with Crippen molar-refractivity contribution in [3.05, 3.63) is 58.7 Å². The first-order chi connectivity index (χ1) is 11.5. The lowest BCUT2D eigenvalue weighted by molar-refractivity contribution is 0.396. The van der Waals surface area contributed by atoms with E-state index in [9.17, 15) is 0 Å². The van der Waals surface area contributed by atoms with Crippen molar-refractivity contribution in [1.29, 1.82) is 0 Å². The average molecular weight is 338 g/mol. The summed E-state index contributed by atoms with van der Waals surface area (Å²) in [5.74, 6) is 0.915. The van der Waals surface area contributed by atoms with Crippen LogP contribution in [0.25, 0.3) is 0 Å². The molecule has 0 spiro atoms. The fraction of sp³-hybridized carbons (Fsp3) is 0.435. The van der Waals surface area contributed by atoms with E-state index in [-0.39, 0.29) is 10.8 Å². The van der Waals surface area contributed by atoms with Crippen molar-refractivity contribution in [2.75, 3.05) is 7.11 Å². The molecular weight excluding hydrogens is 306 g/mol. The SMILES string of the molecule is COc1c(C=Nc2ccccc2C)cc(C(C)(C)C)cc1C(C)(C)C. The Bertz CT molecular complexity index is 774. The van der Waals surface area contributed by atoms with Crippen LogP contribution in [0, 0.1) is 6.92 Å². The third-order valence-electron chi connectivity index (χ3n) is 4.45. The first-order valence-corrected chi connectivity index (χ1v) is 8.86. The number of ether oxygens (including phenoxy) is 1. The van der Waals surface area contributed by atoms with Crippen LogP contribution in [0.15, 0.2) is 41.4 Å². The fourth-order valence-electron chi connectivity index (χ4n) is 2.81. The summed E-state index contributed by atoms with van der Waals surface area (Å²) in [5, 5.41) is 0. The van der Waals surface area contributed by atoms with Gasteiger partial charge in [0, 0.05) is 17.3 Å². The van der Waals surface area contributed by atoms with Gasteiger partial charge in [0.25, 0.3) is 0 Å². The molecule has 25 heavy (non-hydrogen) atoms. The van der Waals surface area contributed by atoms with Gasteiger partial charge in [-0.25, -0.2) is 0 Å². The number of aryl methyl sites for hydroxylation is 1. The number of benzene rings is 2. The lowest BCUT2D eigenvalue weighted by atomic mass is 9.79. The van der Waals surface area contributed by atoms with E-state index in [1.54, 1.807) is 7.11 Å². The minimum absolute atomic E-state index is 0.00213. The molecule has 2 nitrogen and oxygen atoms in total. The number of nitrogens with zero attached hydrogens (tertiary/aromatic N) is 1. The van der Waals surface area contributed by atoms with Crippen molar-refractivity contribution in [1.82, 2.24) is 0 Å². The summed E-state index contributed by atoms with van der Waals surface area (Å²) >= 11 is 0. The third kappa shape index (κ3) is 4.50. The molecule has 0 aromatic heterocycles. The molecule has 0 aliphatic heterocycles. The zero-order valence-corrected chi connectivity index (χ0v) is 16.9. The molecule has 0 heterocycles. The van der Waals surface area contributed by atoms with Gasteiger partial charge in [0.1, 0.15) is 5.75 Å². The van der Waals surface area contributed by atoms with E-state index in [0.29, 0.717) is 0 Å². The number of aliphatic imine (C=N–C) groups is 1. The molecule has 0 N–H and O–H groups in total. The van der Waals surface area contributed by atoms with E-state index >= 15 is 0 Å². The summed E-state index contributed by atoms with van der Waals surface area (Å²) in [6, 6.07) is 12.7. The molecule has 2 aromatic carbocycles. The standard InChI is InChI=1S/C23H31NO/c1-16-11-9-10-12-20(16)24-15-17-13-18(22(2,3)4)14-19(21(17)25-8)23(5,6)7/h9-15H,1-8H3. The first kappa shape index (κ1) is 19.2. The average Bonchev–Trinajstić information content (AvgIpc) is 2.51. The molecule has 0 saturated heterocycles. The van der Waals surface area contributed by atoms with Gasteiger partial charge < -0.3 is 4.74 Å². The van der Waals surface area contributed by atoms with Crippen molar-refractivity contribution in [3.63, 3.8) is 0 Å². The highest BCUT2D eigenvalue weighted by Gasteiger charge is 2.25. The van der Waals surface area contributed by atoms with Crippen molar-refractivity contribution in [3.8, 4) is 5.75 Å². The number of methoxy groups -OCH3 is 1. The first-order valence-electron chi connectivity index (χ1n) is 8.86. The highest BCUT2D eigenvalue weighted by atomic mass is 16.5. The Balaban J connectivity index is 2.65. The Morgan fingerprint density at radius 2 is 1.56 bits per heavy atom. The molecule has 0 aliphatic carbocycles. The number of hydrogen-bond donors (Lipinski definition) is 0.